The quantitative estimate of drug-likeness (QED) is 0.368. The van der Waals surface area contributed by atoms with E-state index in [9.17, 15) is 14.9 Å². The standard InChI is InChI=1S/C20H18N4O5/c1-28-20(25)16-10-11-23(17-5-3-2-4-15(16)17)12-18-21-22-19(29-18)13-6-8-14(9-7-13)24(26)27/h2-9,16H,10-12H2,1H3/t16-/m0/s1. The molecular formula is C20H18N4O5. The maximum atomic E-state index is 12.1. The Morgan fingerprint density at radius 3 is 2.72 bits per heavy atom. The van der Waals surface area contributed by atoms with E-state index in [0.29, 0.717) is 36.9 Å². The van der Waals surface area contributed by atoms with Crippen molar-refractivity contribution in [1.29, 1.82) is 0 Å². The van der Waals surface area contributed by atoms with Gasteiger partial charge in [-0.15, -0.1) is 10.2 Å². The molecule has 1 atom stereocenters. The summed E-state index contributed by atoms with van der Waals surface area (Å²) in [6.07, 6.45) is 0.632. The first-order valence-electron chi connectivity index (χ1n) is 9.05. The number of aromatic nitrogens is 2. The number of fused-ring (bicyclic) bond motifs is 1. The minimum atomic E-state index is -0.460. The summed E-state index contributed by atoms with van der Waals surface area (Å²) in [5, 5.41) is 18.9. The first-order chi connectivity index (χ1) is 14.1. The van der Waals surface area contributed by atoms with Gasteiger partial charge in [0.2, 0.25) is 11.8 Å². The average Bonchev–Trinajstić information content (AvgIpc) is 3.22. The molecule has 9 heteroatoms. The number of rotatable bonds is 5. The topological polar surface area (TPSA) is 112 Å². The Morgan fingerprint density at radius 1 is 1.24 bits per heavy atom. The molecule has 0 N–H and O–H groups in total. The molecule has 0 spiro atoms. The van der Waals surface area contributed by atoms with Crippen molar-refractivity contribution < 1.29 is 18.9 Å². The maximum Gasteiger partial charge on any atom is 0.313 e. The molecule has 1 aliphatic heterocycles. The number of benzene rings is 2. The first kappa shape index (κ1) is 18.6. The molecule has 0 fully saturated rings. The number of hydrogen-bond acceptors (Lipinski definition) is 8. The van der Waals surface area contributed by atoms with Gasteiger partial charge in [0, 0.05) is 29.9 Å². The van der Waals surface area contributed by atoms with Crippen LogP contribution in [0.2, 0.25) is 0 Å². The molecule has 2 aromatic carbocycles. The average molecular weight is 394 g/mol. The lowest BCUT2D eigenvalue weighted by atomic mass is 9.90. The second-order valence-electron chi connectivity index (χ2n) is 6.65. The highest BCUT2D eigenvalue weighted by Crippen LogP contribution is 2.36. The maximum absolute atomic E-state index is 12.1. The van der Waals surface area contributed by atoms with Crippen LogP contribution in [0.25, 0.3) is 11.5 Å². The molecule has 148 valence electrons. The van der Waals surface area contributed by atoms with Gasteiger partial charge in [-0.3, -0.25) is 14.9 Å². The number of anilines is 1. The molecule has 2 heterocycles. The van der Waals surface area contributed by atoms with Gasteiger partial charge >= 0.3 is 5.97 Å². The van der Waals surface area contributed by atoms with E-state index in [1.807, 2.05) is 24.3 Å². The minimum absolute atomic E-state index is 0.00132. The highest BCUT2D eigenvalue weighted by Gasteiger charge is 2.31. The molecule has 1 aliphatic rings. The van der Waals surface area contributed by atoms with Crippen molar-refractivity contribution in [3.05, 3.63) is 70.1 Å². The van der Waals surface area contributed by atoms with Crippen molar-refractivity contribution in [2.45, 2.75) is 18.9 Å². The third-order valence-corrected chi connectivity index (χ3v) is 4.94. The van der Waals surface area contributed by atoms with Crippen LogP contribution in [0.15, 0.2) is 52.9 Å². The van der Waals surface area contributed by atoms with Crippen molar-refractivity contribution in [3.63, 3.8) is 0 Å². The van der Waals surface area contributed by atoms with E-state index in [4.69, 9.17) is 9.15 Å². The lowest BCUT2D eigenvalue weighted by Gasteiger charge is -2.33. The van der Waals surface area contributed by atoms with Crippen molar-refractivity contribution in [1.82, 2.24) is 10.2 Å². The Bertz CT molecular complexity index is 1050. The van der Waals surface area contributed by atoms with E-state index in [1.165, 1.54) is 19.2 Å². The summed E-state index contributed by atoms with van der Waals surface area (Å²) in [4.78, 5) is 24.5. The third kappa shape index (κ3) is 3.66. The number of carbonyl (C=O) groups excluding carboxylic acids is 1. The van der Waals surface area contributed by atoms with E-state index >= 15 is 0 Å². The fourth-order valence-corrected chi connectivity index (χ4v) is 3.51. The molecule has 0 aliphatic carbocycles. The molecule has 29 heavy (non-hydrogen) atoms. The van der Waals surface area contributed by atoms with E-state index in [1.54, 1.807) is 12.1 Å². The summed E-state index contributed by atoms with van der Waals surface area (Å²) in [6.45, 7) is 1.04. The van der Waals surface area contributed by atoms with Crippen LogP contribution in [-0.4, -0.2) is 34.7 Å². The first-order valence-corrected chi connectivity index (χ1v) is 9.05. The van der Waals surface area contributed by atoms with Crippen molar-refractivity contribution in [2.24, 2.45) is 0 Å². The molecule has 0 amide bonds. The van der Waals surface area contributed by atoms with Gasteiger partial charge in [-0.25, -0.2) is 0 Å². The summed E-state index contributed by atoms with van der Waals surface area (Å²) in [5.74, 6) is 0.193. The van der Waals surface area contributed by atoms with Gasteiger partial charge in [-0.1, -0.05) is 18.2 Å². The van der Waals surface area contributed by atoms with Gasteiger partial charge in [0.25, 0.3) is 5.69 Å². The number of methoxy groups -OCH3 is 1. The van der Waals surface area contributed by atoms with Crippen LogP contribution in [0.1, 0.15) is 23.8 Å². The predicted octanol–water partition coefficient (Wildman–Crippen LogP) is 3.31. The van der Waals surface area contributed by atoms with E-state index in [-0.39, 0.29) is 17.6 Å². The second kappa shape index (κ2) is 7.70. The number of carbonyl (C=O) groups is 1. The zero-order valence-electron chi connectivity index (χ0n) is 15.6. The molecule has 0 unspecified atom stereocenters. The summed E-state index contributed by atoms with van der Waals surface area (Å²) in [5.41, 5.74) is 2.46. The monoisotopic (exact) mass is 394 g/mol. The summed E-state index contributed by atoms with van der Waals surface area (Å²) in [6, 6.07) is 13.6. The minimum Gasteiger partial charge on any atom is -0.469 e. The number of esters is 1. The normalized spacial score (nSPS) is 15.6. The van der Waals surface area contributed by atoms with Crippen LogP contribution >= 0.6 is 0 Å². The molecule has 0 saturated carbocycles. The number of hydrogen-bond donors (Lipinski definition) is 0. The SMILES string of the molecule is COC(=O)[C@H]1CCN(Cc2nnc(-c3ccc([N+](=O)[O-])cc3)o2)c2ccccc21. The molecule has 0 saturated heterocycles. The summed E-state index contributed by atoms with van der Waals surface area (Å²) in [7, 11) is 1.40. The highest BCUT2D eigenvalue weighted by atomic mass is 16.6. The Hall–Kier alpha value is -3.75. The fraction of sp³-hybridized carbons (Fsp3) is 0.250. The Labute approximate surface area is 166 Å². The largest absolute Gasteiger partial charge is 0.469 e. The molecular weight excluding hydrogens is 376 g/mol. The fourth-order valence-electron chi connectivity index (χ4n) is 3.51. The van der Waals surface area contributed by atoms with Gasteiger partial charge < -0.3 is 14.1 Å². The number of nitro benzene ring substituents is 1. The van der Waals surface area contributed by atoms with Gasteiger partial charge in [-0.2, -0.15) is 0 Å². The molecule has 9 nitrogen and oxygen atoms in total. The van der Waals surface area contributed by atoms with Crippen molar-refractivity contribution >= 4 is 17.3 Å². The van der Waals surface area contributed by atoms with Crippen LogP contribution in [0.4, 0.5) is 11.4 Å². The molecule has 0 radical (unpaired) electrons. The smallest absolute Gasteiger partial charge is 0.313 e. The second-order valence-corrected chi connectivity index (χ2v) is 6.65. The lowest BCUT2D eigenvalue weighted by Crippen LogP contribution is -2.33. The van der Waals surface area contributed by atoms with Crippen LogP contribution < -0.4 is 4.90 Å². The lowest BCUT2D eigenvalue weighted by molar-refractivity contribution is -0.384. The summed E-state index contributed by atoms with van der Waals surface area (Å²) < 4.78 is 10.7. The van der Waals surface area contributed by atoms with Gasteiger partial charge in [-0.05, 0) is 30.2 Å². The van der Waals surface area contributed by atoms with Crippen LogP contribution in [0.5, 0.6) is 0 Å². The highest BCUT2D eigenvalue weighted by molar-refractivity contribution is 5.81. The van der Waals surface area contributed by atoms with Gasteiger partial charge in [0.1, 0.15) is 0 Å². The van der Waals surface area contributed by atoms with E-state index in [2.05, 4.69) is 15.1 Å². The Morgan fingerprint density at radius 2 is 2.00 bits per heavy atom. The van der Waals surface area contributed by atoms with Crippen LogP contribution in [0, 0.1) is 10.1 Å². The van der Waals surface area contributed by atoms with Crippen molar-refractivity contribution in [2.75, 3.05) is 18.6 Å². The Kier molecular flexibility index (Phi) is 4.94. The number of para-hydroxylation sites is 1. The molecule has 3 aromatic rings. The third-order valence-electron chi connectivity index (χ3n) is 4.94. The van der Waals surface area contributed by atoms with Crippen LogP contribution in [0.3, 0.4) is 0 Å². The number of non-ortho nitro benzene ring substituents is 1. The van der Waals surface area contributed by atoms with E-state index < -0.39 is 4.92 Å². The molecule has 0 bridgehead atoms. The molecule has 1 aromatic heterocycles. The van der Waals surface area contributed by atoms with Crippen molar-refractivity contribution in [3.8, 4) is 11.5 Å². The zero-order valence-corrected chi connectivity index (χ0v) is 15.6. The summed E-state index contributed by atoms with van der Waals surface area (Å²) >= 11 is 0. The van der Waals surface area contributed by atoms with Gasteiger partial charge in [0.15, 0.2) is 0 Å². The predicted molar refractivity (Wildman–Crippen MR) is 103 cm³/mol. The Balaban J connectivity index is 1.54. The number of ether oxygens (including phenoxy) is 1. The van der Waals surface area contributed by atoms with E-state index in [0.717, 1.165) is 11.3 Å². The number of nitrogens with zero attached hydrogens (tertiary/aromatic N) is 4. The van der Waals surface area contributed by atoms with Crippen LogP contribution in [-0.2, 0) is 16.1 Å². The molecule has 4 rings (SSSR count). The van der Waals surface area contributed by atoms with Gasteiger partial charge in [0.05, 0.1) is 24.5 Å². The number of nitro groups is 1. The zero-order chi connectivity index (χ0) is 20.4.